The van der Waals surface area contributed by atoms with Crippen LogP contribution in [0, 0.1) is 0 Å². The van der Waals surface area contributed by atoms with Crippen molar-refractivity contribution in [3.8, 4) is 33.4 Å². The Balaban J connectivity index is 1.78. The molecule has 0 fully saturated rings. The van der Waals surface area contributed by atoms with Gasteiger partial charge in [0.25, 0.3) is 5.90 Å². The van der Waals surface area contributed by atoms with Gasteiger partial charge in [-0.15, -0.1) is 0 Å². The van der Waals surface area contributed by atoms with Crippen LogP contribution in [-0.2, 0) is 0 Å². The van der Waals surface area contributed by atoms with E-state index in [0.29, 0.717) is 5.56 Å². The SMILES string of the molecule is ON=C(On1ccnc1)c1cc(-c2ccccc2)c(-c2ccccc2)cc1-c1ccccc1. The number of benzene rings is 4. The molecule has 0 radical (unpaired) electrons. The maximum atomic E-state index is 9.93. The van der Waals surface area contributed by atoms with E-state index < -0.39 is 0 Å². The predicted octanol–water partition coefficient (Wildman–Crippen LogP) is 6.15. The van der Waals surface area contributed by atoms with Crippen molar-refractivity contribution in [1.82, 2.24) is 9.71 Å². The smallest absolute Gasteiger partial charge is 0.289 e. The summed E-state index contributed by atoms with van der Waals surface area (Å²) in [6, 6.07) is 34.6. The van der Waals surface area contributed by atoms with E-state index in [1.165, 1.54) is 11.1 Å². The van der Waals surface area contributed by atoms with Crippen molar-refractivity contribution in [3.05, 3.63) is 127 Å². The van der Waals surface area contributed by atoms with E-state index in [-0.39, 0.29) is 5.90 Å². The number of aromatic nitrogens is 2. The Bertz CT molecular complexity index is 1370. The van der Waals surface area contributed by atoms with Gasteiger partial charge in [0.05, 0.1) is 11.8 Å². The Morgan fingerprint density at radius 2 is 1.21 bits per heavy atom. The largest absolute Gasteiger partial charge is 0.408 e. The van der Waals surface area contributed by atoms with E-state index >= 15 is 0 Å². The van der Waals surface area contributed by atoms with Gasteiger partial charge in [-0.25, -0.2) is 4.98 Å². The van der Waals surface area contributed by atoms with Gasteiger partial charge < -0.3 is 10.0 Å². The molecule has 0 amide bonds. The minimum Gasteiger partial charge on any atom is -0.408 e. The Morgan fingerprint density at radius 1 is 0.697 bits per heavy atom. The molecule has 0 saturated heterocycles. The molecule has 5 aromatic rings. The van der Waals surface area contributed by atoms with Crippen molar-refractivity contribution >= 4 is 5.90 Å². The van der Waals surface area contributed by atoms with Crippen LogP contribution in [0.2, 0.25) is 0 Å². The lowest BCUT2D eigenvalue weighted by Crippen LogP contribution is -2.20. The van der Waals surface area contributed by atoms with Gasteiger partial charge in [-0.2, -0.15) is 4.73 Å². The summed E-state index contributed by atoms with van der Waals surface area (Å²) in [7, 11) is 0. The number of hydrogen-bond donors (Lipinski definition) is 1. The molecule has 5 heteroatoms. The summed E-state index contributed by atoms with van der Waals surface area (Å²) in [4.78, 5) is 9.85. The Morgan fingerprint density at radius 3 is 1.70 bits per heavy atom. The molecular weight excluding hydrogens is 410 g/mol. The van der Waals surface area contributed by atoms with E-state index in [9.17, 15) is 5.21 Å². The lowest BCUT2D eigenvalue weighted by atomic mass is 9.88. The molecule has 1 heterocycles. The fraction of sp³-hybridized carbons (Fsp3) is 0. The van der Waals surface area contributed by atoms with Crippen LogP contribution in [0.25, 0.3) is 33.4 Å². The first kappa shape index (κ1) is 20.3. The molecule has 0 atom stereocenters. The third kappa shape index (κ3) is 4.25. The van der Waals surface area contributed by atoms with E-state index in [2.05, 4.69) is 40.5 Å². The van der Waals surface area contributed by atoms with Crippen LogP contribution in [0.1, 0.15) is 5.56 Å². The minimum atomic E-state index is 0.0728. The molecule has 0 aliphatic rings. The van der Waals surface area contributed by atoms with E-state index in [1.54, 1.807) is 12.4 Å². The zero-order chi connectivity index (χ0) is 22.5. The zero-order valence-corrected chi connectivity index (χ0v) is 17.7. The molecule has 160 valence electrons. The van der Waals surface area contributed by atoms with E-state index in [4.69, 9.17) is 4.84 Å². The van der Waals surface area contributed by atoms with Gasteiger partial charge in [-0.3, -0.25) is 0 Å². The number of imidazole rings is 1. The second-order valence-corrected chi connectivity index (χ2v) is 7.46. The number of oxime groups is 1. The van der Waals surface area contributed by atoms with Crippen molar-refractivity contribution in [3.63, 3.8) is 0 Å². The van der Waals surface area contributed by atoms with Crippen molar-refractivity contribution < 1.29 is 10.0 Å². The highest BCUT2D eigenvalue weighted by Crippen LogP contribution is 2.38. The highest BCUT2D eigenvalue weighted by molar-refractivity contribution is 6.04. The standard InChI is InChI=1S/C28H21N3O2/c32-30-28(33-31-17-16-29-20-31)27-19-25(22-12-6-2-7-13-22)24(21-10-4-1-5-11-21)18-26(27)23-14-8-3-9-15-23/h1-20,32H. The molecule has 1 N–H and O–H groups in total. The van der Waals surface area contributed by atoms with Crippen molar-refractivity contribution in [2.75, 3.05) is 0 Å². The van der Waals surface area contributed by atoms with E-state index in [0.717, 1.165) is 33.4 Å². The molecule has 4 aromatic carbocycles. The fourth-order valence-corrected chi connectivity index (χ4v) is 3.87. The van der Waals surface area contributed by atoms with Crippen LogP contribution < -0.4 is 4.84 Å². The highest BCUT2D eigenvalue weighted by atomic mass is 16.7. The second-order valence-electron chi connectivity index (χ2n) is 7.46. The monoisotopic (exact) mass is 431 g/mol. The second kappa shape index (κ2) is 9.24. The molecule has 0 aliphatic heterocycles. The van der Waals surface area contributed by atoms with E-state index in [1.807, 2.05) is 72.8 Å². The average Bonchev–Trinajstić information content (AvgIpc) is 3.41. The molecule has 0 spiro atoms. The molecular formula is C28H21N3O2. The molecule has 1 aromatic heterocycles. The summed E-state index contributed by atoms with van der Waals surface area (Å²) in [6.45, 7) is 0. The Labute approximate surface area is 191 Å². The summed E-state index contributed by atoms with van der Waals surface area (Å²) in [5.41, 5.74) is 6.77. The molecule has 33 heavy (non-hydrogen) atoms. The quantitative estimate of drug-likeness (QED) is 0.157. The maximum Gasteiger partial charge on any atom is 0.289 e. The third-order valence-electron chi connectivity index (χ3n) is 5.41. The van der Waals surface area contributed by atoms with Crippen LogP contribution >= 0.6 is 0 Å². The average molecular weight is 431 g/mol. The summed E-state index contributed by atoms with van der Waals surface area (Å²) >= 11 is 0. The topological polar surface area (TPSA) is 59.6 Å². The lowest BCUT2D eigenvalue weighted by molar-refractivity contribution is 0.231. The molecule has 0 saturated carbocycles. The Kier molecular flexibility index (Phi) is 5.68. The molecule has 0 aliphatic carbocycles. The van der Waals surface area contributed by atoms with Gasteiger partial charge in [-0.1, -0.05) is 91.0 Å². The minimum absolute atomic E-state index is 0.0728. The van der Waals surface area contributed by atoms with Crippen LogP contribution in [0.4, 0.5) is 0 Å². The normalized spacial score (nSPS) is 11.3. The first-order chi connectivity index (χ1) is 16.3. The number of hydrogen-bond acceptors (Lipinski definition) is 4. The fourth-order valence-electron chi connectivity index (χ4n) is 3.87. The van der Waals surface area contributed by atoms with Crippen molar-refractivity contribution in [1.29, 1.82) is 0 Å². The molecule has 5 nitrogen and oxygen atoms in total. The van der Waals surface area contributed by atoms with Crippen LogP contribution in [0.15, 0.2) is 127 Å². The number of nitrogens with zero attached hydrogens (tertiary/aromatic N) is 3. The van der Waals surface area contributed by atoms with Gasteiger partial charge in [-0.05, 0) is 50.7 Å². The van der Waals surface area contributed by atoms with Gasteiger partial charge in [0.1, 0.15) is 6.33 Å². The highest BCUT2D eigenvalue weighted by Gasteiger charge is 2.20. The van der Waals surface area contributed by atoms with Gasteiger partial charge >= 0.3 is 0 Å². The summed E-state index contributed by atoms with van der Waals surface area (Å²) in [5.74, 6) is 0.0728. The van der Waals surface area contributed by atoms with Crippen molar-refractivity contribution in [2.45, 2.75) is 0 Å². The molecule has 0 unspecified atom stereocenters. The first-order valence-electron chi connectivity index (χ1n) is 10.6. The number of rotatable bonds is 5. The Hall–Kier alpha value is -4.64. The summed E-state index contributed by atoms with van der Waals surface area (Å²) in [6.07, 6.45) is 4.74. The molecule has 5 rings (SSSR count). The van der Waals surface area contributed by atoms with Gasteiger partial charge in [0.2, 0.25) is 0 Å². The predicted molar refractivity (Wildman–Crippen MR) is 130 cm³/mol. The van der Waals surface area contributed by atoms with Crippen LogP contribution in [-0.4, -0.2) is 20.8 Å². The maximum absolute atomic E-state index is 9.93. The van der Waals surface area contributed by atoms with Crippen LogP contribution in [0.3, 0.4) is 0 Å². The van der Waals surface area contributed by atoms with Crippen molar-refractivity contribution in [2.24, 2.45) is 5.16 Å². The summed E-state index contributed by atoms with van der Waals surface area (Å²) in [5, 5.41) is 13.4. The third-order valence-corrected chi connectivity index (χ3v) is 5.41. The first-order valence-corrected chi connectivity index (χ1v) is 10.6. The van der Waals surface area contributed by atoms with Gasteiger partial charge in [0, 0.05) is 6.20 Å². The zero-order valence-electron chi connectivity index (χ0n) is 17.7. The lowest BCUT2D eigenvalue weighted by Gasteiger charge is -2.18. The molecule has 0 bridgehead atoms. The van der Waals surface area contributed by atoms with Crippen LogP contribution in [0.5, 0.6) is 0 Å². The van der Waals surface area contributed by atoms with Gasteiger partial charge in [0.15, 0.2) is 0 Å². The summed E-state index contributed by atoms with van der Waals surface area (Å²) < 4.78 is 1.40.